The van der Waals surface area contributed by atoms with Crippen molar-refractivity contribution in [3.63, 3.8) is 0 Å². The zero-order chi connectivity index (χ0) is 14.8. The number of carboxylic acids is 1. The summed E-state index contributed by atoms with van der Waals surface area (Å²) in [5.74, 6) is -0.928. The van der Waals surface area contributed by atoms with Crippen molar-refractivity contribution in [3.8, 4) is 0 Å². The van der Waals surface area contributed by atoms with E-state index in [1.165, 1.54) is 16.5 Å². The van der Waals surface area contributed by atoms with Gasteiger partial charge in [-0.3, -0.25) is 0 Å². The number of halogens is 1. The third kappa shape index (κ3) is 3.19. The number of rotatable bonds is 3. The molecule has 1 aromatic carbocycles. The normalized spacial score (nSPS) is 14.4. The summed E-state index contributed by atoms with van der Waals surface area (Å²) in [6.45, 7) is 1.83. The quantitative estimate of drug-likeness (QED) is 0.831. The molecule has 1 N–H and O–H groups in total. The van der Waals surface area contributed by atoms with E-state index in [-0.39, 0.29) is 0 Å². The van der Waals surface area contributed by atoms with Crippen LogP contribution in [0.5, 0.6) is 0 Å². The molecule has 3 rings (SSSR count). The molecule has 21 heavy (non-hydrogen) atoms. The van der Waals surface area contributed by atoms with Gasteiger partial charge in [0, 0.05) is 34.2 Å². The van der Waals surface area contributed by atoms with Crippen LogP contribution in [0.15, 0.2) is 40.2 Å². The fraction of sp³-hybridized carbons (Fsp3) is 0.188. The van der Waals surface area contributed by atoms with Crippen LogP contribution in [0.4, 0.5) is 5.69 Å². The highest BCUT2D eigenvalue weighted by Gasteiger charge is 2.19. The number of carboxylic acid groups (broad SMARTS) is 1. The Labute approximate surface area is 135 Å². The molecule has 2 aromatic rings. The predicted octanol–water partition coefficient (Wildman–Crippen LogP) is 4.17. The Morgan fingerprint density at radius 1 is 1.38 bits per heavy atom. The molecule has 0 atom stereocenters. The van der Waals surface area contributed by atoms with Gasteiger partial charge in [0.15, 0.2) is 0 Å². The van der Waals surface area contributed by atoms with E-state index < -0.39 is 5.97 Å². The minimum Gasteiger partial charge on any atom is -0.478 e. The summed E-state index contributed by atoms with van der Waals surface area (Å²) >= 11 is 5.32. The largest absolute Gasteiger partial charge is 0.478 e. The fourth-order valence-electron chi connectivity index (χ4n) is 2.55. The van der Waals surface area contributed by atoms with E-state index in [0.29, 0.717) is 0 Å². The van der Waals surface area contributed by atoms with Crippen LogP contribution in [-0.2, 0) is 17.8 Å². The summed E-state index contributed by atoms with van der Waals surface area (Å²) in [7, 11) is 0. The van der Waals surface area contributed by atoms with E-state index >= 15 is 0 Å². The fourth-order valence-corrected chi connectivity index (χ4v) is 3.79. The van der Waals surface area contributed by atoms with E-state index in [9.17, 15) is 4.79 Å². The van der Waals surface area contributed by atoms with E-state index in [1.807, 2.05) is 23.5 Å². The third-order valence-corrected chi connectivity index (χ3v) is 5.06. The third-order valence-electron chi connectivity index (χ3n) is 3.55. The lowest BCUT2D eigenvalue weighted by molar-refractivity contribution is -0.131. The standard InChI is InChI=1S/C16H14BrNO2S/c17-13-3-1-11(2-4-16(19)20)14(9-13)18-7-5-15-12(10-18)6-8-21-15/h1-4,6,8-9H,5,7,10H2,(H,19,20)/b4-2+. The minimum absolute atomic E-state index is 0.878. The van der Waals surface area contributed by atoms with Crippen molar-refractivity contribution < 1.29 is 9.90 Å². The highest BCUT2D eigenvalue weighted by Crippen LogP contribution is 2.32. The monoisotopic (exact) mass is 363 g/mol. The summed E-state index contributed by atoms with van der Waals surface area (Å²) in [4.78, 5) is 14.5. The number of fused-ring (bicyclic) bond motifs is 1. The summed E-state index contributed by atoms with van der Waals surface area (Å²) in [5, 5.41) is 11.0. The average Bonchev–Trinajstić information content (AvgIpc) is 2.93. The number of nitrogens with zero attached hydrogens (tertiary/aromatic N) is 1. The van der Waals surface area contributed by atoms with Gasteiger partial charge in [0.05, 0.1) is 0 Å². The second-order valence-electron chi connectivity index (χ2n) is 4.92. The maximum Gasteiger partial charge on any atom is 0.328 e. The Morgan fingerprint density at radius 2 is 2.24 bits per heavy atom. The lowest BCUT2D eigenvalue weighted by Gasteiger charge is -2.30. The first-order chi connectivity index (χ1) is 10.1. The molecule has 0 amide bonds. The molecule has 0 saturated heterocycles. The molecule has 5 heteroatoms. The van der Waals surface area contributed by atoms with Crippen molar-refractivity contribution in [3.05, 3.63) is 56.2 Å². The van der Waals surface area contributed by atoms with Crippen LogP contribution in [0, 0.1) is 0 Å². The van der Waals surface area contributed by atoms with Crippen molar-refractivity contribution in [2.75, 3.05) is 11.4 Å². The van der Waals surface area contributed by atoms with Gasteiger partial charge in [0.25, 0.3) is 0 Å². The number of hydrogen-bond acceptors (Lipinski definition) is 3. The first-order valence-electron chi connectivity index (χ1n) is 6.64. The average molecular weight is 364 g/mol. The van der Waals surface area contributed by atoms with Crippen LogP contribution in [0.1, 0.15) is 16.0 Å². The smallest absolute Gasteiger partial charge is 0.328 e. The predicted molar refractivity (Wildman–Crippen MR) is 89.9 cm³/mol. The first-order valence-corrected chi connectivity index (χ1v) is 8.31. The number of aliphatic carboxylic acids is 1. The van der Waals surface area contributed by atoms with E-state index in [1.54, 1.807) is 6.08 Å². The first kappa shape index (κ1) is 14.4. The molecule has 3 nitrogen and oxygen atoms in total. The Kier molecular flexibility index (Phi) is 4.12. The van der Waals surface area contributed by atoms with Crippen molar-refractivity contribution >= 4 is 45.0 Å². The maximum absolute atomic E-state index is 10.7. The van der Waals surface area contributed by atoms with Crippen molar-refractivity contribution in [1.82, 2.24) is 0 Å². The molecule has 2 heterocycles. The van der Waals surface area contributed by atoms with Gasteiger partial charge in [0.1, 0.15) is 0 Å². The maximum atomic E-state index is 10.7. The lowest BCUT2D eigenvalue weighted by atomic mass is 10.1. The highest BCUT2D eigenvalue weighted by atomic mass is 79.9. The highest BCUT2D eigenvalue weighted by molar-refractivity contribution is 9.10. The molecule has 1 aromatic heterocycles. The van der Waals surface area contributed by atoms with Gasteiger partial charge in [-0.1, -0.05) is 22.0 Å². The van der Waals surface area contributed by atoms with Crippen molar-refractivity contribution in [2.24, 2.45) is 0 Å². The minimum atomic E-state index is -0.928. The second kappa shape index (κ2) is 6.03. The Bertz CT molecular complexity index is 708. The molecule has 0 saturated carbocycles. The Morgan fingerprint density at radius 3 is 3.05 bits per heavy atom. The van der Waals surface area contributed by atoms with E-state index in [0.717, 1.165) is 35.2 Å². The van der Waals surface area contributed by atoms with Gasteiger partial charge in [-0.2, -0.15) is 0 Å². The van der Waals surface area contributed by atoms with Crippen LogP contribution in [0.25, 0.3) is 6.08 Å². The lowest BCUT2D eigenvalue weighted by Crippen LogP contribution is -2.29. The SMILES string of the molecule is O=C(O)/C=C/c1ccc(Br)cc1N1CCc2sccc2C1. The molecule has 0 fully saturated rings. The zero-order valence-corrected chi connectivity index (χ0v) is 13.7. The van der Waals surface area contributed by atoms with Gasteiger partial charge in [0.2, 0.25) is 0 Å². The van der Waals surface area contributed by atoms with Crippen LogP contribution in [0.3, 0.4) is 0 Å². The van der Waals surface area contributed by atoms with Crippen LogP contribution >= 0.6 is 27.3 Å². The number of carbonyl (C=O) groups is 1. The molecule has 108 valence electrons. The van der Waals surface area contributed by atoms with E-state index in [2.05, 4.69) is 38.3 Å². The van der Waals surface area contributed by atoms with Gasteiger partial charge in [-0.25, -0.2) is 4.79 Å². The van der Waals surface area contributed by atoms with Crippen LogP contribution in [-0.4, -0.2) is 17.6 Å². The summed E-state index contributed by atoms with van der Waals surface area (Å²) < 4.78 is 1.00. The molecule has 0 radical (unpaired) electrons. The summed E-state index contributed by atoms with van der Waals surface area (Å²) in [5.41, 5.74) is 3.37. The topological polar surface area (TPSA) is 40.5 Å². The van der Waals surface area contributed by atoms with Gasteiger partial charge < -0.3 is 10.0 Å². The van der Waals surface area contributed by atoms with E-state index in [4.69, 9.17) is 5.11 Å². The number of hydrogen-bond donors (Lipinski definition) is 1. The molecular formula is C16H14BrNO2S. The van der Waals surface area contributed by atoms with Gasteiger partial charge in [-0.15, -0.1) is 11.3 Å². The van der Waals surface area contributed by atoms with Crippen LogP contribution < -0.4 is 4.90 Å². The molecular weight excluding hydrogens is 350 g/mol. The van der Waals surface area contributed by atoms with Crippen molar-refractivity contribution in [2.45, 2.75) is 13.0 Å². The van der Waals surface area contributed by atoms with Crippen LogP contribution in [0.2, 0.25) is 0 Å². The zero-order valence-electron chi connectivity index (χ0n) is 11.3. The number of benzene rings is 1. The molecule has 1 aliphatic rings. The second-order valence-corrected chi connectivity index (χ2v) is 6.83. The van der Waals surface area contributed by atoms with Crippen molar-refractivity contribution in [1.29, 1.82) is 0 Å². The Hall–Kier alpha value is -1.59. The molecule has 0 unspecified atom stereocenters. The molecule has 0 bridgehead atoms. The molecule has 1 aliphatic heterocycles. The number of thiophene rings is 1. The van der Waals surface area contributed by atoms with Gasteiger partial charge >= 0.3 is 5.97 Å². The van der Waals surface area contributed by atoms with Gasteiger partial charge in [-0.05, 0) is 47.2 Å². The number of anilines is 1. The summed E-state index contributed by atoms with van der Waals surface area (Å²) in [6, 6.07) is 8.11. The molecule has 0 spiro atoms. The Balaban J connectivity index is 1.94. The molecule has 0 aliphatic carbocycles. The summed E-state index contributed by atoms with van der Waals surface area (Å²) in [6.07, 6.45) is 3.89.